The molecule has 4 rings (SSSR count). The number of esters is 1. The Morgan fingerprint density at radius 3 is 2.76 bits per heavy atom. The van der Waals surface area contributed by atoms with E-state index in [1.54, 1.807) is 19.1 Å². The van der Waals surface area contributed by atoms with Crippen molar-refractivity contribution in [3.8, 4) is 16.2 Å². The van der Waals surface area contributed by atoms with Gasteiger partial charge in [-0.2, -0.15) is 0 Å². The van der Waals surface area contributed by atoms with Gasteiger partial charge >= 0.3 is 5.97 Å². The van der Waals surface area contributed by atoms with Crippen molar-refractivity contribution >= 4 is 17.3 Å². The molecule has 3 aromatic rings. The third-order valence-corrected chi connectivity index (χ3v) is 5.34. The lowest BCUT2D eigenvalue weighted by Crippen LogP contribution is -2.08. The summed E-state index contributed by atoms with van der Waals surface area (Å²) >= 11 is 1.41. The monoisotopic (exact) mass is 354 g/mol. The molecule has 0 fully saturated rings. The van der Waals surface area contributed by atoms with Gasteiger partial charge in [0.2, 0.25) is 0 Å². The van der Waals surface area contributed by atoms with E-state index in [4.69, 9.17) is 9.47 Å². The van der Waals surface area contributed by atoms with Crippen LogP contribution < -0.4 is 4.74 Å². The second kappa shape index (κ2) is 6.33. The van der Waals surface area contributed by atoms with Crippen LogP contribution in [0.3, 0.4) is 0 Å². The summed E-state index contributed by atoms with van der Waals surface area (Å²) in [7, 11) is 0. The van der Waals surface area contributed by atoms with Crippen LogP contribution in [-0.4, -0.2) is 5.97 Å². The first-order valence-electron chi connectivity index (χ1n) is 7.93. The highest BCUT2D eigenvalue weighted by molar-refractivity contribution is 7.17. The highest BCUT2D eigenvalue weighted by atomic mass is 32.1. The van der Waals surface area contributed by atoms with E-state index in [-0.39, 0.29) is 11.8 Å². The zero-order valence-corrected chi connectivity index (χ0v) is 14.3. The van der Waals surface area contributed by atoms with Gasteiger partial charge < -0.3 is 9.47 Å². The van der Waals surface area contributed by atoms with Gasteiger partial charge in [-0.25, -0.2) is 9.18 Å². The van der Waals surface area contributed by atoms with Crippen molar-refractivity contribution in [1.29, 1.82) is 0 Å². The molecular weight excluding hydrogens is 339 g/mol. The van der Waals surface area contributed by atoms with E-state index in [9.17, 15) is 9.18 Å². The Kier molecular flexibility index (Phi) is 4.01. The maximum atomic E-state index is 13.0. The number of benzene rings is 2. The third-order valence-electron chi connectivity index (χ3n) is 4.15. The predicted molar refractivity (Wildman–Crippen MR) is 94.3 cm³/mol. The fourth-order valence-electron chi connectivity index (χ4n) is 2.82. The summed E-state index contributed by atoms with van der Waals surface area (Å²) in [5.74, 6) is 0.136. The van der Waals surface area contributed by atoms with E-state index in [0.717, 1.165) is 27.3 Å². The quantitative estimate of drug-likeness (QED) is 0.594. The average Bonchev–Trinajstić information content (AvgIpc) is 3.07. The molecule has 2 aromatic carbocycles. The molecule has 0 spiro atoms. The lowest BCUT2D eigenvalue weighted by molar-refractivity contribution is 0.0343. The van der Waals surface area contributed by atoms with Gasteiger partial charge in [-0.05, 0) is 42.8 Å². The Bertz CT molecular complexity index is 930. The van der Waals surface area contributed by atoms with Crippen LogP contribution in [0.5, 0.6) is 5.75 Å². The minimum absolute atomic E-state index is 0.313. The van der Waals surface area contributed by atoms with Crippen molar-refractivity contribution in [2.24, 2.45) is 0 Å². The topological polar surface area (TPSA) is 35.5 Å². The predicted octanol–water partition coefficient (Wildman–Crippen LogP) is 5.36. The lowest BCUT2D eigenvalue weighted by atomic mass is 10.1. The Morgan fingerprint density at radius 1 is 1.20 bits per heavy atom. The molecule has 0 saturated carbocycles. The van der Waals surface area contributed by atoms with E-state index < -0.39 is 6.10 Å². The second-order valence-corrected chi connectivity index (χ2v) is 6.90. The van der Waals surface area contributed by atoms with Crippen LogP contribution >= 0.6 is 11.3 Å². The van der Waals surface area contributed by atoms with Gasteiger partial charge in [-0.3, -0.25) is 0 Å². The maximum Gasteiger partial charge on any atom is 0.348 e. The van der Waals surface area contributed by atoms with Crippen molar-refractivity contribution in [2.45, 2.75) is 19.6 Å². The largest absolute Gasteiger partial charge is 0.488 e. The van der Waals surface area contributed by atoms with Gasteiger partial charge in [-0.15, -0.1) is 11.3 Å². The number of rotatable bonds is 3. The second-order valence-electron chi connectivity index (χ2n) is 5.85. The lowest BCUT2D eigenvalue weighted by Gasteiger charge is -2.16. The molecule has 0 unspecified atom stereocenters. The molecule has 0 amide bonds. The number of hydrogen-bond donors (Lipinski definition) is 0. The molecule has 1 aliphatic rings. The first-order chi connectivity index (χ1) is 12.1. The zero-order valence-electron chi connectivity index (χ0n) is 13.5. The molecule has 2 heterocycles. The highest BCUT2D eigenvalue weighted by Crippen LogP contribution is 2.42. The minimum Gasteiger partial charge on any atom is -0.488 e. The summed E-state index contributed by atoms with van der Waals surface area (Å²) in [6.45, 7) is 2.22. The maximum absolute atomic E-state index is 13.0. The summed E-state index contributed by atoms with van der Waals surface area (Å²) in [4.78, 5) is 14.1. The van der Waals surface area contributed by atoms with Gasteiger partial charge in [0.1, 0.15) is 29.2 Å². The summed E-state index contributed by atoms with van der Waals surface area (Å²) in [5.41, 5.74) is 2.74. The third kappa shape index (κ3) is 3.03. The molecule has 1 atom stereocenters. The Hall–Kier alpha value is -2.66. The molecule has 25 heavy (non-hydrogen) atoms. The van der Waals surface area contributed by atoms with Crippen LogP contribution in [0.1, 0.15) is 33.8 Å². The van der Waals surface area contributed by atoms with Crippen LogP contribution in [0.4, 0.5) is 4.39 Å². The van der Waals surface area contributed by atoms with Crippen molar-refractivity contribution in [2.75, 3.05) is 0 Å². The van der Waals surface area contributed by atoms with E-state index in [1.165, 1.54) is 23.5 Å². The van der Waals surface area contributed by atoms with Gasteiger partial charge in [0.25, 0.3) is 0 Å². The number of para-hydroxylation sites is 1. The number of carbonyl (C=O) groups is 1. The number of thiophene rings is 1. The standard InChI is InChI=1S/C20H15FO3S/c1-12(13-6-8-15(21)9-7-13)24-20(22)18-10-14-11-23-17-5-3-2-4-16(17)19(14)25-18/h2-10,12H,11H2,1H3/t12-/m1/s1. The normalized spacial score (nSPS) is 13.4. The van der Waals surface area contributed by atoms with Crippen LogP contribution in [-0.2, 0) is 11.3 Å². The molecule has 5 heteroatoms. The van der Waals surface area contributed by atoms with Crippen molar-refractivity contribution in [3.05, 3.63) is 76.4 Å². The Balaban J connectivity index is 1.56. The first-order valence-corrected chi connectivity index (χ1v) is 8.75. The molecule has 1 aromatic heterocycles. The number of fused-ring (bicyclic) bond motifs is 3. The molecule has 0 bridgehead atoms. The molecule has 1 aliphatic heterocycles. The number of ether oxygens (including phenoxy) is 2. The van der Waals surface area contributed by atoms with E-state index in [0.29, 0.717) is 11.5 Å². The molecule has 0 saturated heterocycles. The summed E-state index contributed by atoms with van der Waals surface area (Å²) in [6, 6.07) is 15.6. The fourth-order valence-corrected chi connectivity index (χ4v) is 3.90. The minimum atomic E-state index is -0.448. The Labute approximate surface area is 148 Å². The van der Waals surface area contributed by atoms with Crippen molar-refractivity contribution in [3.63, 3.8) is 0 Å². The number of hydrogen-bond acceptors (Lipinski definition) is 4. The van der Waals surface area contributed by atoms with Gasteiger partial charge in [0.05, 0.1) is 0 Å². The molecule has 0 aliphatic carbocycles. The smallest absolute Gasteiger partial charge is 0.348 e. The van der Waals surface area contributed by atoms with Crippen molar-refractivity contribution in [1.82, 2.24) is 0 Å². The first kappa shape index (κ1) is 15.8. The summed E-state index contributed by atoms with van der Waals surface area (Å²) < 4.78 is 24.3. The van der Waals surface area contributed by atoms with E-state index in [1.807, 2.05) is 30.3 Å². The summed E-state index contributed by atoms with van der Waals surface area (Å²) in [5, 5.41) is 0. The summed E-state index contributed by atoms with van der Waals surface area (Å²) in [6.07, 6.45) is -0.448. The molecule has 0 radical (unpaired) electrons. The molecule has 0 N–H and O–H groups in total. The van der Waals surface area contributed by atoms with Gasteiger partial charge in [0, 0.05) is 16.0 Å². The number of halogens is 1. The van der Waals surface area contributed by atoms with Crippen LogP contribution in [0.2, 0.25) is 0 Å². The average molecular weight is 354 g/mol. The van der Waals surface area contributed by atoms with Crippen LogP contribution in [0, 0.1) is 5.82 Å². The highest BCUT2D eigenvalue weighted by Gasteiger charge is 2.24. The fraction of sp³-hybridized carbons (Fsp3) is 0.150. The van der Waals surface area contributed by atoms with E-state index >= 15 is 0 Å². The zero-order chi connectivity index (χ0) is 17.4. The molecule has 126 valence electrons. The number of carbonyl (C=O) groups excluding carboxylic acids is 1. The SMILES string of the molecule is C[C@@H](OC(=O)c1cc2c(s1)-c1ccccc1OC2)c1ccc(F)cc1. The molecule has 3 nitrogen and oxygen atoms in total. The Morgan fingerprint density at radius 2 is 1.96 bits per heavy atom. The van der Waals surface area contributed by atoms with Gasteiger partial charge in [0.15, 0.2) is 0 Å². The van der Waals surface area contributed by atoms with Crippen LogP contribution in [0.25, 0.3) is 10.4 Å². The van der Waals surface area contributed by atoms with Crippen LogP contribution in [0.15, 0.2) is 54.6 Å². The van der Waals surface area contributed by atoms with E-state index in [2.05, 4.69) is 0 Å². The van der Waals surface area contributed by atoms with Crippen molar-refractivity contribution < 1.29 is 18.7 Å². The van der Waals surface area contributed by atoms with Gasteiger partial charge in [-0.1, -0.05) is 24.3 Å². The molecular formula is C20H15FO3S.